The molecule has 0 saturated heterocycles. The molecule has 0 aliphatic heterocycles. The molecule has 0 fully saturated rings. The van der Waals surface area contributed by atoms with Crippen LogP contribution in [0.5, 0.6) is 0 Å². The van der Waals surface area contributed by atoms with E-state index in [1.807, 2.05) is 0 Å². The number of carbonyl (C=O) groups is 1. The van der Waals surface area contributed by atoms with Gasteiger partial charge in [0.2, 0.25) is 5.91 Å². The van der Waals surface area contributed by atoms with Crippen LogP contribution in [0.3, 0.4) is 0 Å². The topological polar surface area (TPSA) is 29.1 Å². The van der Waals surface area contributed by atoms with Gasteiger partial charge in [0.25, 0.3) is 0 Å². The maximum atomic E-state index is 11.8. The SMILES string of the molecule is O=C(Cc1cc(Br)ccc1Cl)NCC(F)(F)F. The van der Waals surface area contributed by atoms with Gasteiger partial charge in [0.05, 0.1) is 6.42 Å². The van der Waals surface area contributed by atoms with Crippen molar-refractivity contribution in [1.29, 1.82) is 0 Å². The van der Waals surface area contributed by atoms with Gasteiger partial charge in [0.15, 0.2) is 0 Å². The van der Waals surface area contributed by atoms with Crippen LogP contribution in [0.25, 0.3) is 0 Å². The number of halogens is 5. The Balaban J connectivity index is 2.59. The highest BCUT2D eigenvalue weighted by atomic mass is 79.9. The maximum Gasteiger partial charge on any atom is 0.405 e. The Morgan fingerprint density at radius 1 is 1.41 bits per heavy atom. The molecule has 0 heterocycles. The Morgan fingerprint density at radius 2 is 2.06 bits per heavy atom. The van der Waals surface area contributed by atoms with E-state index in [2.05, 4.69) is 15.9 Å². The fourth-order valence-corrected chi connectivity index (χ4v) is 1.71. The highest BCUT2D eigenvalue weighted by molar-refractivity contribution is 9.10. The summed E-state index contributed by atoms with van der Waals surface area (Å²) in [5, 5.41) is 2.12. The van der Waals surface area contributed by atoms with Crippen molar-refractivity contribution < 1.29 is 18.0 Å². The maximum absolute atomic E-state index is 11.8. The minimum absolute atomic E-state index is 0.186. The van der Waals surface area contributed by atoms with Gasteiger partial charge >= 0.3 is 6.18 Å². The second-order valence-corrected chi connectivity index (χ2v) is 4.63. The quantitative estimate of drug-likeness (QED) is 0.905. The van der Waals surface area contributed by atoms with Crippen molar-refractivity contribution in [3.05, 3.63) is 33.3 Å². The molecule has 1 amide bonds. The van der Waals surface area contributed by atoms with Crippen molar-refractivity contribution in [1.82, 2.24) is 5.32 Å². The molecule has 0 aliphatic carbocycles. The molecular formula is C10H8BrClF3NO. The van der Waals surface area contributed by atoms with Crippen molar-refractivity contribution in [2.75, 3.05) is 6.54 Å². The molecule has 1 aromatic rings. The number of hydrogen-bond donors (Lipinski definition) is 1. The molecule has 0 atom stereocenters. The van der Waals surface area contributed by atoms with E-state index < -0.39 is 18.6 Å². The van der Waals surface area contributed by atoms with Crippen LogP contribution in [-0.2, 0) is 11.2 Å². The van der Waals surface area contributed by atoms with Crippen LogP contribution in [0, 0.1) is 0 Å². The van der Waals surface area contributed by atoms with E-state index in [9.17, 15) is 18.0 Å². The zero-order chi connectivity index (χ0) is 13.1. The summed E-state index contributed by atoms with van der Waals surface area (Å²) in [6.07, 6.45) is -4.59. The Bertz CT molecular complexity index is 423. The Morgan fingerprint density at radius 3 is 2.65 bits per heavy atom. The molecule has 0 aliphatic rings. The predicted molar refractivity (Wildman–Crippen MR) is 61.9 cm³/mol. The summed E-state index contributed by atoms with van der Waals surface area (Å²) >= 11 is 8.99. The first kappa shape index (κ1) is 14.3. The predicted octanol–water partition coefficient (Wildman–Crippen LogP) is 3.32. The van der Waals surface area contributed by atoms with Crippen LogP contribution in [-0.4, -0.2) is 18.6 Å². The molecule has 2 nitrogen and oxygen atoms in total. The highest BCUT2D eigenvalue weighted by Gasteiger charge is 2.27. The first-order chi connectivity index (χ1) is 7.78. The second kappa shape index (κ2) is 5.73. The van der Waals surface area contributed by atoms with Gasteiger partial charge in [-0.05, 0) is 23.8 Å². The van der Waals surface area contributed by atoms with Gasteiger partial charge in [0.1, 0.15) is 6.54 Å². The summed E-state index contributed by atoms with van der Waals surface area (Å²) in [5.74, 6) is -0.720. The van der Waals surface area contributed by atoms with Crippen molar-refractivity contribution in [3.63, 3.8) is 0 Å². The van der Waals surface area contributed by atoms with Gasteiger partial charge in [-0.25, -0.2) is 0 Å². The smallest absolute Gasteiger partial charge is 0.347 e. The van der Waals surface area contributed by atoms with Gasteiger partial charge in [0, 0.05) is 9.50 Å². The number of rotatable bonds is 3. The molecular weight excluding hydrogens is 322 g/mol. The first-order valence-electron chi connectivity index (χ1n) is 4.55. The lowest BCUT2D eigenvalue weighted by Gasteiger charge is -2.09. The van der Waals surface area contributed by atoms with E-state index in [-0.39, 0.29) is 6.42 Å². The Labute approximate surface area is 109 Å². The number of benzene rings is 1. The lowest BCUT2D eigenvalue weighted by molar-refractivity contribution is -0.138. The Kier molecular flexibility index (Phi) is 4.82. The molecule has 94 valence electrons. The van der Waals surface area contributed by atoms with Gasteiger partial charge in [-0.2, -0.15) is 13.2 Å². The average molecular weight is 331 g/mol. The fraction of sp³-hybridized carbons (Fsp3) is 0.300. The van der Waals surface area contributed by atoms with Gasteiger partial charge in [-0.1, -0.05) is 27.5 Å². The Hall–Kier alpha value is -0.750. The molecule has 0 bridgehead atoms. The molecule has 7 heteroatoms. The lowest BCUT2D eigenvalue weighted by Crippen LogP contribution is -2.34. The third kappa shape index (κ3) is 5.41. The number of nitrogens with one attached hydrogen (secondary N) is 1. The average Bonchev–Trinajstić information content (AvgIpc) is 2.20. The summed E-state index contributed by atoms with van der Waals surface area (Å²) in [4.78, 5) is 11.2. The van der Waals surface area contributed by atoms with Crippen LogP contribution >= 0.6 is 27.5 Å². The van der Waals surface area contributed by atoms with E-state index in [4.69, 9.17) is 11.6 Å². The number of hydrogen-bond acceptors (Lipinski definition) is 1. The molecule has 0 unspecified atom stereocenters. The number of carbonyl (C=O) groups excluding carboxylic acids is 1. The molecule has 1 aromatic carbocycles. The molecule has 1 N–H and O–H groups in total. The van der Waals surface area contributed by atoms with Crippen molar-refractivity contribution in [2.24, 2.45) is 0 Å². The molecule has 0 spiro atoms. The summed E-state index contributed by atoms with van der Waals surface area (Å²) < 4.78 is 36.3. The van der Waals surface area contributed by atoms with Gasteiger partial charge < -0.3 is 5.32 Å². The summed E-state index contributed by atoms with van der Waals surface area (Å²) in [7, 11) is 0. The largest absolute Gasteiger partial charge is 0.405 e. The third-order valence-electron chi connectivity index (χ3n) is 1.84. The lowest BCUT2D eigenvalue weighted by atomic mass is 10.1. The zero-order valence-electron chi connectivity index (χ0n) is 8.44. The van der Waals surface area contributed by atoms with Crippen molar-refractivity contribution in [2.45, 2.75) is 12.6 Å². The van der Waals surface area contributed by atoms with Gasteiger partial charge in [-0.3, -0.25) is 4.79 Å². The molecule has 17 heavy (non-hydrogen) atoms. The summed E-state index contributed by atoms with van der Waals surface area (Å²) in [6, 6.07) is 4.84. The fourth-order valence-electron chi connectivity index (χ4n) is 1.11. The van der Waals surface area contributed by atoms with Crippen LogP contribution in [0.1, 0.15) is 5.56 Å². The minimum atomic E-state index is -4.41. The monoisotopic (exact) mass is 329 g/mol. The third-order valence-corrected chi connectivity index (χ3v) is 2.71. The minimum Gasteiger partial charge on any atom is -0.347 e. The molecule has 0 saturated carbocycles. The van der Waals surface area contributed by atoms with Crippen LogP contribution < -0.4 is 5.32 Å². The standard InChI is InChI=1S/C10H8BrClF3NO/c11-7-1-2-8(12)6(3-7)4-9(17)16-5-10(13,14)15/h1-3H,4-5H2,(H,16,17). The number of amides is 1. The first-order valence-corrected chi connectivity index (χ1v) is 5.72. The van der Waals surface area contributed by atoms with Crippen LogP contribution in [0.2, 0.25) is 5.02 Å². The number of alkyl halides is 3. The van der Waals surface area contributed by atoms with E-state index in [1.54, 1.807) is 23.5 Å². The van der Waals surface area contributed by atoms with Crippen molar-refractivity contribution >= 4 is 33.4 Å². The van der Waals surface area contributed by atoms with Crippen LogP contribution in [0.15, 0.2) is 22.7 Å². The van der Waals surface area contributed by atoms with Crippen LogP contribution in [0.4, 0.5) is 13.2 Å². The van der Waals surface area contributed by atoms with E-state index in [0.29, 0.717) is 15.1 Å². The van der Waals surface area contributed by atoms with E-state index in [1.165, 1.54) is 0 Å². The summed E-state index contributed by atoms with van der Waals surface area (Å²) in [6.45, 7) is -1.34. The zero-order valence-corrected chi connectivity index (χ0v) is 10.8. The highest BCUT2D eigenvalue weighted by Crippen LogP contribution is 2.21. The van der Waals surface area contributed by atoms with E-state index in [0.717, 1.165) is 0 Å². The second-order valence-electron chi connectivity index (χ2n) is 3.30. The normalized spacial score (nSPS) is 11.4. The molecule has 1 rings (SSSR count). The molecule has 0 aromatic heterocycles. The molecule has 0 radical (unpaired) electrons. The van der Waals surface area contributed by atoms with Gasteiger partial charge in [-0.15, -0.1) is 0 Å². The van der Waals surface area contributed by atoms with Crippen molar-refractivity contribution in [3.8, 4) is 0 Å². The summed E-state index contributed by atoms with van der Waals surface area (Å²) in [5.41, 5.74) is 0.473. The van der Waals surface area contributed by atoms with E-state index >= 15 is 0 Å².